The summed E-state index contributed by atoms with van der Waals surface area (Å²) in [5.41, 5.74) is 2.85. The van der Waals surface area contributed by atoms with E-state index in [0.29, 0.717) is 17.1 Å². The zero-order chi connectivity index (χ0) is 19.5. The quantitative estimate of drug-likeness (QED) is 0.685. The van der Waals surface area contributed by atoms with Crippen LogP contribution in [0.2, 0.25) is 0 Å². The molecule has 0 bridgehead atoms. The Hall–Kier alpha value is -2.79. The maximum absolute atomic E-state index is 12.8. The maximum Gasteiger partial charge on any atom is 0.287 e. The highest BCUT2D eigenvalue weighted by atomic mass is 16.5. The van der Waals surface area contributed by atoms with Gasteiger partial charge in [0.2, 0.25) is 0 Å². The number of benzene rings is 2. The molecular weight excluding hydrogens is 352 g/mol. The summed E-state index contributed by atoms with van der Waals surface area (Å²) < 4.78 is 11.4. The Kier molecular flexibility index (Phi) is 5.35. The summed E-state index contributed by atoms with van der Waals surface area (Å²) in [7, 11) is 1.62. The van der Waals surface area contributed by atoms with E-state index in [9.17, 15) is 4.79 Å². The van der Waals surface area contributed by atoms with Gasteiger partial charge in [-0.05, 0) is 56.1 Å². The first-order valence-electron chi connectivity index (χ1n) is 9.83. The molecule has 1 N–H and O–H groups in total. The van der Waals surface area contributed by atoms with Crippen molar-refractivity contribution in [3.63, 3.8) is 0 Å². The van der Waals surface area contributed by atoms with Gasteiger partial charge in [-0.25, -0.2) is 0 Å². The SMILES string of the molecule is COc1ccc(CN2CCCC2)c2cc(C(=O)NC(C)c3ccccc3)oc12. The standard InChI is InChI=1S/C23H26N2O3/c1-16(17-8-4-3-5-9-17)24-23(26)21-14-19-18(15-25-12-6-7-13-25)10-11-20(27-2)22(19)28-21/h3-5,8-11,14,16H,6-7,12-13,15H2,1-2H3,(H,24,26). The lowest BCUT2D eigenvalue weighted by molar-refractivity contribution is 0.0914. The van der Waals surface area contributed by atoms with Crippen molar-refractivity contribution in [2.75, 3.05) is 20.2 Å². The molecule has 1 aliphatic heterocycles. The van der Waals surface area contributed by atoms with Gasteiger partial charge in [-0.3, -0.25) is 9.69 Å². The first kappa shape index (κ1) is 18.6. The monoisotopic (exact) mass is 378 g/mol. The summed E-state index contributed by atoms with van der Waals surface area (Å²) in [6.07, 6.45) is 2.49. The summed E-state index contributed by atoms with van der Waals surface area (Å²) in [4.78, 5) is 15.2. The predicted octanol–water partition coefficient (Wildman–Crippen LogP) is 4.53. The topological polar surface area (TPSA) is 54.7 Å². The highest BCUT2D eigenvalue weighted by molar-refractivity contribution is 5.98. The van der Waals surface area contributed by atoms with Crippen LogP contribution >= 0.6 is 0 Å². The molecule has 5 heteroatoms. The van der Waals surface area contributed by atoms with Crippen LogP contribution in [0, 0.1) is 0 Å². The predicted molar refractivity (Wildman–Crippen MR) is 110 cm³/mol. The molecule has 1 fully saturated rings. The number of carbonyl (C=O) groups is 1. The lowest BCUT2D eigenvalue weighted by Gasteiger charge is -2.15. The van der Waals surface area contributed by atoms with E-state index in [1.807, 2.05) is 49.4 Å². The molecule has 0 spiro atoms. The van der Waals surface area contributed by atoms with Crippen molar-refractivity contribution in [2.24, 2.45) is 0 Å². The minimum atomic E-state index is -0.221. The van der Waals surface area contributed by atoms with Gasteiger partial charge in [0.1, 0.15) is 0 Å². The number of amides is 1. The minimum absolute atomic E-state index is 0.104. The molecular formula is C23H26N2O3. The Bertz CT molecular complexity index is 959. The number of furan rings is 1. The molecule has 5 nitrogen and oxygen atoms in total. The summed E-state index contributed by atoms with van der Waals surface area (Å²) in [5.74, 6) is 0.738. The maximum atomic E-state index is 12.8. The number of nitrogens with one attached hydrogen (secondary N) is 1. The van der Waals surface area contributed by atoms with E-state index < -0.39 is 0 Å². The second-order valence-electron chi connectivity index (χ2n) is 7.37. The van der Waals surface area contributed by atoms with E-state index in [2.05, 4.69) is 16.3 Å². The Labute approximate surface area is 165 Å². The van der Waals surface area contributed by atoms with Gasteiger partial charge in [-0.2, -0.15) is 0 Å². The van der Waals surface area contributed by atoms with Crippen molar-refractivity contribution in [3.8, 4) is 5.75 Å². The first-order chi connectivity index (χ1) is 13.7. The normalized spacial score (nSPS) is 15.6. The van der Waals surface area contributed by atoms with Crippen molar-refractivity contribution in [3.05, 3.63) is 65.4 Å². The molecule has 3 aromatic rings. The molecule has 2 heterocycles. The largest absolute Gasteiger partial charge is 0.493 e. The Balaban J connectivity index is 1.61. The molecule has 0 saturated carbocycles. The van der Waals surface area contributed by atoms with Gasteiger partial charge < -0.3 is 14.5 Å². The van der Waals surface area contributed by atoms with Gasteiger partial charge in [-0.1, -0.05) is 36.4 Å². The third-order valence-corrected chi connectivity index (χ3v) is 5.42. The second kappa shape index (κ2) is 8.07. The highest BCUT2D eigenvalue weighted by Gasteiger charge is 2.21. The number of hydrogen-bond donors (Lipinski definition) is 1. The first-order valence-corrected chi connectivity index (χ1v) is 9.83. The number of nitrogens with zero attached hydrogens (tertiary/aromatic N) is 1. The van der Waals surface area contributed by atoms with Crippen molar-refractivity contribution in [1.29, 1.82) is 0 Å². The third-order valence-electron chi connectivity index (χ3n) is 5.42. The van der Waals surface area contributed by atoms with Crippen LogP contribution in [0.3, 0.4) is 0 Å². The van der Waals surface area contributed by atoms with Gasteiger partial charge in [0.15, 0.2) is 17.1 Å². The van der Waals surface area contributed by atoms with Crippen LogP contribution in [0.4, 0.5) is 0 Å². The molecule has 146 valence electrons. The fraction of sp³-hybridized carbons (Fsp3) is 0.348. The minimum Gasteiger partial charge on any atom is -0.493 e. The van der Waals surface area contributed by atoms with E-state index in [4.69, 9.17) is 9.15 Å². The van der Waals surface area contributed by atoms with Crippen LogP contribution in [-0.4, -0.2) is 31.0 Å². The van der Waals surface area contributed by atoms with E-state index in [0.717, 1.165) is 36.1 Å². The molecule has 28 heavy (non-hydrogen) atoms. The van der Waals surface area contributed by atoms with E-state index in [-0.39, 0.29) is 11.9 Å². The molecule has 2 aromatic carbocycles. The number of hydrogen-bond acceptors (Lipinski definition) is 4. The summed E-state index contributed by atoms with van der Waals surface area (Å²) in [6.45, 7) is 5.07. The fourth-order valence-corrected chi connectivity index (χ4v) is 3.84. The molecule has 1 amide bonds. The highest BCUT2D eigenvalue weighted by Crippen LogP contribution is 2.33. The molecule has 1 aromatic heterocycles. The van der Waals surface area contributed by atoms with Crippen LogP contribution in [0.25, 0.3) is 11.0 Å². The fourth-order valence-electron chi connectivity index (χ4n) is 3.84. The third kappa shape index (κ3) is 3.76. The number of carbonyl (C=O) groups excluding carboxylic acids is 1. The van der Waals surface area contributed by atoms with Gasteiger partial charge in [0.05, 0.1) is 13.2 Å². The van der Waals surface area contributed by atoms with E-state index >= 15 is 0 Å². The van der Waals surface area contributed by atoms with Gasteiger partial charge in [0.25, 0.3) is 5.91 Å². The van der Waals surface area contributed by atoms with Gasteiger partial charge in [0, 0.05) is 11.9 Å². The Morgan fingerprint density at radius 3 is 2.64 bits per heavy atom. The number of fused-ring (bicyclic) bond motifs is 1. The van der Waals surface area contributed by atoms with Crippen molar-refractivity contribution in [1.82, 2.24) is 10.2 Å². The van der Waals surface area contributed by atoms with Crippen LogP contribution in [-0.2, 0) is 6.54 Å². The van der Waals surface area contributed by atoms with Crippen LogP contribution in [0.5, 0.6) is 5.75 Å². The van der Waals surface area contributed by atoms with Gasteiger partial charge >= 0.3 is 0 Å². The summed E-state index contributed by atoms with van der Waals surface area (Å²) in [5, 5.41) is 3.97. The van der Waals surface area contributed by atoms with Crippen molar-refractivity contribution in [2.45, 2.75) is 32.4 Å². The Morgan fingerprint density at radius 2 is 1.93 bits per heavy atom. The lowest BCUT2D eigenvalue weighted by atomic mass is 10.1. The number of rotatable bonds is 6. The molecule has 1 saturated heterocycles. The lowest BCUT2D eigenvalue weighted by Crippen LogP contribution is -2.26. The number of likely N-dealkylation sites (tertiary alicyclic amines) is 1. The smallest absolute Gasteiger partial charge is 0.287 e. The van der Waals surface area contributed by atoms with Crippen LogP contribution < -0.4 is 10.1 Å². The van der Waals surface area contributed by atoms with E-state index in [1.165, 1.54) is 12.8 Å². The average Bonchev–Trinajstić information content (AvgIpc) is 3.39. The molecule has 0 aliphatic carbocycles. The summed E-state index contributed by atoms with van der Waals surface area (Å²) in [6, 6.07) is 15.6. The average molecular weight is 378 g/mol. The van der Waals surface area contributed by atoms with E-state index in [1.54, 1.807) is 7.11 Å². The van der Waals surface area contributed by atoms with Gasteiger partial charge in [-0.15, -0.1) is 0 Å². The Morgan fingerprint density at radius 1 is 1.18 bits per heavy atom. The molecule has 1 atom stereocenters. The molecule has 4 rings (SSSR count). The number of methoxy groups -OCH3 is 1. The van der Waals surface area contributed by atoms with Crippen LogP contribution in [0.1, 0.15) is 47.5 Å². The zero-order valence-corrected chi connectivity index (χ0v) is 16.4. The van der Waals surface area contributed by atoms with Crippen molar-refractivity contribution >= 4 is 16.9 Å². The van der Waals surface area contributed by atoms with Crippen LogP contribution in [0.15, 0.2) is 52.9 Å². The molecule has 0 radical (unpaired) electrons. The molecule has 1 unspecified atom stereocenters. The second-order valence-corrected chi connectivity index (χ2v) is 7.37. The number of ether oxygens (including phenoxy) is 1. The van der Waals surface area contributed by atoms with Crippen molar-refractivity contribution < 1.29 is 13.9 Å². The molecule has 1 aliphatic rings. The zero-order valence-electron chi connectivity index (χ0n) is 16.4. The summed E-state index contributed by atoms with van der Waals surface area (Å²) >= 11 is 0.